The third-order valence-corrected chi connectivity index (χ3v) is 1.06. The number of hydrogen-bond donors (Lipinski definition) is 0. The molecule has 0 aromatic carbocycles. The first-order chi connectivity index (χ1) is 3.72. The maximum atomic E-state index is 8.38. The molecule has 0 aromatic heterocycles. The molecule has 0 aliphatic heterocycles. The fraction of sp³-hybridized carbons (Fsp3) is 0.571. The molecule has 0 unspecified atom stereocenters. The predicted octanol–water partition coefficient (Wildman–Crippen LogP) is 2.11. The van der Waals surface area contributed by atoms with Crippen LogP contribution in [0.1, 0.15) is 20.8 Å². The van der Waals surface area contributed by atoms with Crippen molar-refractivity contribution in [1.29, 1.82) is 5.26 Å². The molecular formula is C7H11N. The molecule has 0 amide bonds. The summed E-state index contributed by atoms with van der Waals surface area (Å²) in [6, 6.07) is 2.11. The minimum absolute atomic E-state index is 0.380. The quantitative estimate of drug-likeness (QED) is 0.473. The second-order valence-electron chi connectivity index (χ2n) is 2.01. The lowest BCUT2D eigenvalue weighted by atomic mass is 10.1. The molecule has 0 aliphatic carbocycles. The summed E-state index contributed by atoms with van der Waals surface area (Å²) in [4.78, 5) is 0. The lowest BCUT2D eigenvalue weighted by Gasteiger charge is -1.97. The van der Waals surface area contributed by atoms with Gasteiger partial charge < -0.3 is 0 Å². The van der Waals surface area contributed by atoms with Gasteiger partial charge in [-0.05, 0) is 12.8 Å². The molecular weight excluding hydrogens is 98.1 g/mol. The number of rotatable bonds is 1. The zero-order valence-corrected chi connectivity index (χ0v) is 5.60. The molecule has 0 spiro atoms. The second kappa shape index (κ2) is 3.26. The first-order valence-corrected chi connectivity index (χ1v) is 2.78. The maximum absolute atomic E-state index is 8.38. The molecule has 0 atom stereocenters. The first kappa shape index (κ1) is 7.23. The highest BCUT2D eigenvalue weighted by Gasteiger charge is 1.96. The van der Waals surface area contributed by atoms with Crippen molar-refractivity contribution in [1.82, 2.24) is 0 Å². The first-order valence-electron chi connectivity index (χ1n) is 2.78. The molecule has 8 heavy (non-hydrogen) atoms. The third-order valence-electron chi connectivity index (χ3n) is 1.06. The summed E-state index contributed by atoms with van der Waals surface area (Å²) in [7, 11) is 0. The highest BCUT2D eigenvalue weighted by Crippen LogP contribution is 2.05. The van der Waals surface area contributed by atoms with Crippen LogP contribution >= 0.6 is 0 Å². The fourth-order valence-corrected chi connectivity index (χ4v) is 0.527. The van der Waals surface area contributed by atoms with Gasteiger partial charge in [0.1, 0.15) is 0 Å². The van der Waals surface area contributed by atoms with Crippen molar-refractivity contribution >= 4 is 0 Å². The van der Waals surface area contributed by atoms with Crippen LogP contribution < -0.4 is 0 Å². The van der Waals surface area contributed by atoms with E-state index in [2.05, 4.69) is 6.07 Å². The van der Waals surface area contributed by atoms with Crippen molar-refractivity contribution in [2.75, 3.05) is 0 Å². The van der Waals surface area contributed by atoms with Crippen LogP contribution in [0.15, 0.2) is 11.6 Å². The van der Waals surface area contributed by atoms with Gasteiger partial charge in [-0.3, -0.25) is 0 Å². The summed E-state index contributed by atoms with van der Waals surface area (Å²) in [6.07, 6.45) is 1.85. The van der Waals surface area contributed by atoms with Crippen LogP contribution in [0.25, 0.3) is 0 Å². The molecule has 0 aromatic rings. The smallest absolute Gasteiger partial charge is 0.0946 e. The average molecular weight is 109 g/mol. The molecule has 1 heteroatoms. The van der Waals surface area contributed by atoms with Crippen LogP contribution in [0.5, 0.6) is 0 Å². The topological polar surface area (TPSA) is 23.8 Å². The molecule has 0 heterocycles. The van der Waals surface area contributed by atoms with E-state index in [4.69, 9.17) is 5.26 Å². The van der Waals surface area contributed by atoms with Crippen LogP contribution in [0.2, 0.25) is 0 Å². The summed E-state index contributed by atoms with van der Waals surface area (Å²) in [5.41, 5.74) is 0.866. The average Bonchev–Trinajstić information content (AvgIpc) is 1.69. The Hall–Kier alpha value is -0.770. The molecule has 0 fully saturated rings. The van der Waals surface area contributed by atoms with Crippen LogP contribution in [-0.2, 0) is 0 Å². The molecule has 0 aliphatic rings. The number of hydrogen-bond acceptors (Lipinski definition) is 1. The van der Waals surface area contributed by atoms with Crippen molar-refractivity contribution in [3.63, 3.8) is 0 Å². The van der Waals surface area contributed by atoms with Crippen molar-refractivity contribution in [3.8, 4) is 6.07 Å². The van der Waals surface area contributed by atoms with Gasteiger partial charge in [0.15, 0.2) is 0 Å². The SMILES string of the molecule is C/C=C(\C#N)C(C)C. The summed E-state index contributed by atoms with van der Waals surface area (Å²) < 4.78 is 0. The Morgan fingerprint density at radius 2 is 2.12 bits per heavy atom. The van der Waals surface area contributed by atoms with Crippen LogP contribution in [-0.4, -0.2) is 0 Å². The van der Waals surface area contributed by atoms with E-state index in [0.717, 1.165) is 5.57 Å². The summed E-state index contributed by atoms with van der Waals surface area (Å²) in [5, 5.41) is 8.38. The van der Waals surface area contributed by atoms with Gasteiger partial charge in [-0.2, -0.15) is 5.26 Å². The monoisotopic (exact) mass is 109 g/mol. The van der Waals surface area contributed by atoms with E-state index >= 15 is 0 Å². The van der Waals surface area contributed by atoms with Gasteiger partial charge in [0, 0.05) is 5.57 Å². The normalized spacial score (nSPS) is 11.6. The highest BCUT2D eigenvalue weighted by atomic mass is 14.2. The second-order valence-corrected chi connectivity index (χ2v) is 2.01. The number of allylic oxidation sites excluding steroid dienone is 2. The Morgan fingerprint density at radius 1 is 1.62 bits per heavy atom. The van der Waals surface area contributed by atoms with Crippen LogP contribution in [0.3, 0.4) is 0 Å². The molecule has 0 radical (unpaired) electrons. The largest absolute Gasteiger partial charge is 0.193 e. The van der Waals surface area contributed by atoms with Gasteiger partial charge in [-0.25, -0.2) is 0 Å². The van der Waals surface area contributed by atoms with Gasteiger partial charge in [0.2, 0.25) is 0 Å². The Kier molecular flexibility index (Phi) is 2.95. The molecule has 1 nitrogen and oxygen atoms in total. The lowest BCUT2D eigenvalue weighted by Crippen LogP contribution is -1.88. The van der Waals surface area contributed by atoms with E-state index < -0.39 is 0 Å². The third kappa shape index (κ3) is 1.79. The molecule has 0 rings (SSSR count). The van der Waals surface area contributed by atoms with E-state index in [1.807, 2.05) is 26.8 Å². The minimum atomic E-state index is 0.380. The van der Waals surface area contributed by atoms with Crippen LogP contribution in [0.4, 0.5) is 0 Å². The van der Waals surface area contributed by atoms with E-state index in [0.29, 0.717) is 5.92 Å². The summed E-state index contributed by atoms with van der Waals surface area (Å²) >= 11 is 0. The van der Waals surface area contributed by atoms with Crippen molar-refractivity contribution in [2.45, 2.75) is 20.8 Å². The predicted molar refractivity (Wildman–Crippen MR) is 34.2 cm³/mol. The van der Waals surface area contributed by atoms with Gasteiger partial charge in [0.25, 0.3) is 0 Å². The molecule has 0 N–H and O–H groups in total. The fourth-order valence-electron chi connectivity index (χ4n) is 0.527. The number of nitriles is 1. The van der Waals surface area contributed by atoms with E-state index in [-0.39, 0.29) is 0 Å². The molecule has 0 saturated heterocycles. The van der Waals surface area contributed by atoms with E-state index in [1.54, 1.807) is 0 Å². The maximum Gasteiger partial charge on any atom is 0.0946 e. The van der Waals surface area contributed by atoms with Crippen molar-refractivity contribution in [2.24, 2.45) is 5.92 Å². The van der Waals surface area contributed by atoms with Crippen molar-refractivity contribution in [3.05, 3.63) is 11.6 Å². The van der Waals surface area contributed by atoms with Gasteiger partial charge in [-0.15, -0.1) is 0 Å². The minimum Gasteiger partial charge on any atom is -0.193 e. The van der Waals surface area contributed by atoms with Gasteiger partial charge in [-0.1, -0.05) is 19.9 Å². The Morgan fingerprint density at radius 3 is 2.12 bits per heavy atom. The highest BCUT2D eigenvalue weighted by molar-refractivity contribution is 5.21. The Bertz CT molecular complexity index is 126. The number of nitrogens with zero attached hydrogens (tertiary/aromatic N) is 1. The zero-order chi connectivity index (χ0) is 6.57. The lowest BCUT2D eigenvalue weighted by molar-refractivity contribution is 0.793. The van der Waals surface area contributed by atoms with Crippen LogP contribution in [0, 0.1) is 17.2 Å². The zero-order valence-electron chi connectivity index (χ0n) is 5.60. The van der Waals surface area contributed by atoms with Crippen molar-refractivity contribution < 1.29 is 0 Å². The molecule has 0 bridgehead atoms. The summed E-state index contributed by atoms with van der Waals surface area (Å²) in [6.45, 7) is 5.91. The standard InChI is InChI=1S/C7H11N/c1-4-7(5-8)6(2)3/h4,6H,1-3H3/b7-4+. The van der Waals surface area contributed by atoms with E-state index in [1.165, 1.54) is 0 Å². The van der Waals surface area contributed by atoms with Gasteiger partial charge >= 0.3 is 0 Å². The molecule has 0 saturated carbocycles. The summed E-state index contributed by atoms with van der Waals surface area (Å²) in [5.74, 6) is 0.380. The Labute approximate surface area is 50.6 Å². The van der Waals surface area contributed by atoms with Gasteiger partial charge in [0.05, 0.1) is 6.07 Å². The van der Waals surface area contributed by atoms with E-state index in [9.17, 15) is 0 Å². The molecule has 44 valence electrons. The Balaban J connectivity index is 3.98.